The summed E-state index contributed by atoms with van der Waals surface area (Å²) in [6.45, 7) is 2.03. The minimum Gasteiger partial charge on any atom is -0.507 e. The van der Waals surface area contributed by atoms with Gasteiger partial charge in [-0.25, -0.2) is 10.1 Å². The van der Waals surface area contributed by atoms with E-state index in [4.69, 9.17) is 0 Å². The lowest BCUT2D eigenvalue weighted by atomic mass is 10.0. The summed E-state index contributed by atoms with van der Waals surface area (Å²) in [6.07, 6.45) is 1.40. The monoisotopic (exact) mass is 472 g/mol. The Balaban J connectivity index is 1.46. The highest BCUT2D eigenvalue weighted by atomic mass is 16.3. The normalized spacial score (nSPS) is 11.0. The lowest BCUT2D eigenvalue weighted by Gasteiger charge is -2.09. The molecule has 1 heterocycles. The van der Waals surface area contributed by atoms with Gasteiger partial charge >= 0.3 is 0 Å². The van der Waals surface area contributed by atoms with Gasteiger partial charge in [-0.1, -0.05) is 84.4 Å². The smallest absolute Gasteiger partial charge is 0.291 e. The number of hydrazone groups is 1. The molecule has 0 atom stereocenters. The summed E-state index contributed by atoms with van der Waals surface area (Å²) in [5.41, 5.74) is 9.18. The van der Waals surface area contributed by atoms with E-state index in [1.54, 1.807) is 35.0 Å². The number of hydrogen-bond donors (Lipinski definition) is 2. The van der Waals surface area contributed by atoms with Crippen molar-refractivity contribution in [3.05, 3.63) is 126 Å². The Bertz CT molecular complexity index is 1520. The second-order valence-electron chi connectivity index (χ2n) is 8.36. The summed E-state index contributed by atoms with van der Waals surface area (Å²) in [7, 11) is 0. The lowest BCUT2D eigenvalue weighted by molar-refractivity contribution is 0.0949. The predicted molar refractivity (Wildman–Crippen MR) is 142 cm³/mol. The third-order valence-electron chi connectivity index (χ3n) is 5.81. The summed E-state index contributed by atoms with van der Waals surface area (Å²) >= 11 is 0. The molecule has 0 aliphatic rings. The van der Waals surface area contributed by atoms with Crippen molar-refractivity contribution in [1.82, 2.24) is 15.2 Å². The van der Waals surface area contributed by atoms with E-state index in [-0.39, 0.29) is 11.4 Å². The zero-order chi connectivity index (χ0) is 24.9. The number of amides is 1. The number of phenolic OH excluding ortho intramolecular Hbond substituents is 1. The maximum atomic E-state index is 12.9. The number of rotatable bonds is 6. The maximum absolute atomic E-state index is 12.9. The van der Waals surface area contributed by atoms with Crippen LogP contribution in [0.15, 0.2) is 114 Å². The first kappa shape index (κ1) is 22.8. The molecule has 5 aromatic rings. The van der Waals surface area contributed by atoms with Crippen molar-refractivity contribution in [3.63, 3.8) is 0 Å². The van der Waals surface area contributed by atoms with E-state index in [0.29, 0.717) is 5.56 Å². The van der Waals surface area contributed by atoms with Gasteiger partial charge in [0.1, 0.15) is 5.75 Å². The van der Waals surface area contributed by atoms with Crippen LogP contribution in [-0.4, -0.2) is 27.0 Å². The first-order chi connectivity index (χ1) is 17.6. The third kappa shape index (κ3) is 4.93. The van der Waals surface area contributed by atoms with Crippen LogP contribution in [-0.2, 0) is 0 Å². The highest BCUT2D eigenvalue weighted by Gasteiger charge is 2.17. The third-order valence-corrected chi connectivity index (χ3v) is 5.81. The number of aromatic hydroxyl groups is 1. The number of phenols is 1. The number of hydrogen-bond acceptors (Lipinski definition) is 4. The van der Waals surface area contributed by atoms with Crippen molar-refractivity contribution >= 4 is 12.1 Å². The summed E-state index contributed by atoms with van der Waals surface area (Å²) in [6, 6.07) is 34.8. The van der Waals surface area contributed by atoms with Gasteiger partial charge in [-0.15, -0.1) is 0 Å². The highest BCUT2D eigenvalue weighted by Crippen LogP contribution is 2.27. The fraction of sp³-hybridized carbons (Fsp3) is 0.0333. The molecule has 0 aliphatic heterocycles. The topological polar surface area (TPSA) is 79.5 Å². The maximum Gasteiger partial charge on any atom is 0.291 e. The van der Waals surface area contributed by atoms with Gasteiger partial charge in [0.2, 0.25) is 0 Å². The van der Waals surface area contributed by atoms with Crippen LogP contribution < -0.4 is 5.43 Å². The number of nitrogens with one attached hydrogen (secondary N) is 1. The Hall–Kier alpha value is -4.97. The van der Waals surface area contributed by atoms with Gasteiger partial charge in [0.25, 0.3) is 5.91 Å². The highest BCUT2D eigenvalue weighted by molar-refractivity contribution is 5.94. The average molecular weight is 473 g/mol. The van der Waals surface area contributed by atoms with E-state index in [2.05, 4.69) is 39.9 Å². The number of carbonyl (C=O) groups excluding carboxylic acids is 1. The van der Waals surface area contributed by atoms with Crippen LogP contribution in [0.2, 0.25) is 0 Å². The van der Waals surface area contributed by atoms with Crippen LogP contribution >= 0.6 is 0 Å². The second-order valence-corrected chi connectivity index (χ2v) is 8.36. The fourth-order valence-corrected chi connectivity index (χ4v) is 3.86. The number of benzene rings is 4. The molecule has 0 radical (unpaired) electrons. The lowest BCUT2D eigenvalue weighted by Crippen LogP contribution is -2.18. The molecule has 5 rings (SSSR count). The van der Waals surface area contributed by atoms with Crippen LogP contribution in [0.5, 0.6) is 5.75 Å². The van der Waals surface area contributed by atoms with E-state index >= 15 is 0 Å². The predicted octanol–water partition coefficient (Wildman–Crippen LogP) is 5.98. The van der Waals surface area contributed by atoms with E-state index < -0.39 is 5.91 Å². The van der Waals surface area contributed by atoms with Crippen LogP contribution in [0.3, 0.4) is 0 Å². The van der Waals surface area contributed by atoms with Crippen LogP contribution in [0.1, 0.15) is 21.6 Å². The molecule has 0 saturated carbocycles. The molecule has 0 spiro atoms. The molecule has 36 heavy (non-hydrogen) atoms. The zero-order valence-electron chi connectivity index (χ0n) is 19.7. The van der Waals surface area contributed by atoms with Crippen molar-refractivity contribution in [2.24, 2.45) is 5.10 Å². The minimum absolute atomic E-state index is 0.0837. The second kappa shape index (κ2) is 10.1. The summed E-state index contributed by atoms with van der Waals surface area (Å²) < 4.78 is 1.76. The van der Waals surface area contributed by atoms with E-state index in [1.807, 2.05) is 61.5 Å². The summed E-state index contributed by atoms with van der Waals surface area (Å²) in [5, 5.41) is 18.5. The number of nitrogens with zero attached hydrogens (tertiary/aromatic N) is 3. The number of aromatic nitrogens is 2. The van der Waals surface area contributed by atoms with Crippen LogP contribution in [0.25, 0.3) is 28.1 Å². The Morgan fingerprint density at radius 2 is 1.47 bits per heavy atom. The van der Waals surface area contributed by atoms with Crippen molar-refractivity contribution in [3.8, 4) is 33.8 Å². The standard InChI is InChI=1S/C30H24N4O2/c1-21-11-17-26(18-12-21)34-28(24-15-13-23(14-16-24)22-7-3-2-4-8-22)19-27(33-34)30(36)32-31-20-25-9-5-6-10-29(25)35/h2-20,35H,1H3,(H,32,36)/b31-20-. The van der Waals surface area contributed by atoms with E-state index in [0.717, 1.165) is 33.6 Å². The van der Waals surface area contributed by atoms with Crippen molar-refractivity contribution < 1.29 is 9.90 Å². The molecule has 2 N–H and O–H groups in total. The molecule has 0 saturated heterocycles. The van der Waals surface area contributed by atoms with Gasteiger partial charge in [-0.3, -0.25) is 4.79 Å². The van der Waals surface area contributed by atoms with Gasteiger partial charge in [0.15, 0.2) is 5.69 Å². The van der Waals surface area contributed by atoms with Crippen LogP contribution in [0, 0.1) is 6.92 Å². The Morgan fingerprint density at radius 3 is 2.19 bits per heavy atom. The minimum atomic E-state index is -0.449. The molecule has 1 aromatic heterocycles. The van der Waals surface area contributed by atoms with Crippen molar-refractivity contribution in [2.75, 3.05) is 0 Å². The molecule has 6 heteroatoms. The first-order valence-corrected chi connectivity index (χ1v) is 11.5. The molecule has 4 aromatic carbocycles. The van der Waals surface area contributed by atoms with Gasteiger partial charge in [0, 0.05) is 11.1 Å². The van der Waals surface area contributed by atoms with Gasteiger partial charge in [0.05, 0.1) is 17.6 Å². The quantitative estimate of drug-likeness (QED) is 0.236. The molecule has 0 aliphatic carbocycles. The first-order valence-electron chi connectivity index (χ1n) is 11.5. The number of carbonyl (C=O) groups is 1. The van der Waals surface area contributed by atoms with Crippen molar-refractivity contribution in [2.45, 2.75) is 6.92 Å². The molecule has 1 amide bonds. The summed E-state index contributed by atoms with van der Waals surface area (Å²) in [5.74, 6) is -0.366. The van der Waals surface area contributed by atoms with E-state index in [9.17, 15) is 9.90 Å². The molecular weight excluding hydrogens is 448 g/mol. The summed E-state index contributed by atoms with van der Waals surface area (Å²) in [4.78, 5) is 12.9. The number of aryl methyl sites for hydroxylation is 1. The molecule has 0 bridgehead atoms. The van der Waals surface area contributed by atoms with Crippen LogP contribution in [0.4, 0.5) is 0 Å². The SMILES string of the molecule is Cc1ccc(-n2nc(C(=O)N/N=C\c3ccccc3O)cc2-c2ccc(-c3ccccc3)cc2)cc1. The van der Waals surface area contributed by atoms with Gasteiger partial charge in [-0.05, 0) is 48.4 Å². The Morgan fingerprint density at radius 1 is 0.833 bits per heavy atom. The largest absolute Gasteiger partial charge is 0.507 e. The Labute approximate surface area is 209 Å². The molecular formula is C30H24N4O2. The molecule has 0 unspecified atom stereocenters. The molecule has 176 valence electrons. The molecule has 0 fully saturated rings. The molecule has 6 nitrogen and oxygen atoms in total. The zero-order valence-corrected chi connectivity index (χ0v) is 19.7. The fourth-order valence-electron chi connectivity index (χ4n) is 3.86. The van der Waals surface area contributed by atoms with Crippen molar-refractivity contribution in [1.29, 1.82) is 0 Å². The Kier molecular flexibility index (Phi) is 6.40. The number of para-hydroxylation sites is 1. The average Bonchev–Trinajstić information content (AvgIpc) is 3.36. The van der Waals surface area contributed by atoms with Gasteiger partial charge < -0.3 is 5.11 Å². The van der Waals surface area contributed by atoms with Gasteiger partial charge in [-0.2, -0.15) is 10.2 Å². The van der Waals surface area contributed by atoms with E-state index in [1.165, 1.54) is 6.21 Å².